The van der Waals surface area contributed by atoms with E-state index in [2.05, 4.69) is 10.3 Å². The van der Waals surface area contributed by atoms with E-state index in [0.717, 1.165) is 17.7 Å². The summed E-state index contributed by atoms with van der Waals surface area (Å²) in [6.45, 7) is 5.73. The van der Waals surface area contributed by atoms with Crippen molar-refractivity contribution in [3.63, 3.8) is 0 Å². The number of carbonyl (C=O) groups excluding carboxylic acids is 2. The molecule has 2 saturated heterocycles. The van der Waals surface area contributed by atoms with Crippen LogP contribution in [0, 0.1) is 11.7 Å². The Hall–Kier alpha value is -4.03. The fourth-order valence-electron chi connectivity index (χ4n) is 5.31. The Morgan fingerprint density at radius 3 is 2.33 bits per heavy atom. The number of amides is 3. The van der Waals surface area contributed by atoms with E-state index in [0.29, 0.717) is 36.7 Å². The highest BCUT2D eigenvalue weighted by molar-refractivity contribution is 5.86. The van der Waals surface area contributed by atoms with Crippen LogP contribution in [0.25, 0.3) is 11.1 Å². The lowest BCUT2D eigenvalue weighted by Gasteiger charge is -2.31. The third kappa shape index (κ3) is 8.29. The molecule has 2 fully saturated rings. The van der Waals surface area contributed by atoms with Crippen LogP contribution in [0.5, 0.6) is 5.88 Å². The molecule has 2 unspecified atom stereocenters. The summed E-state index contributed by atoms with van der Waals surface area (Å²) in [7, 11) is 0. The van der Waals surface area contributed by atoms with Crippen LogP contribution in [-0.4, -0.2) is 88.8 Å². The molecule has 10 nitrogen and oxygen atoms in total. The number of piperidine rings is 1. The minimum Gasteiger partial charge on any atom is -0.477 e. The van der Waals surface area contributed by atoms with Gasteiger partial charge in [0, 0.05) is 49.8 Å². The summed E-state index contributed by atoms with van der Waals surface area (Å²) in [4.78, 5) is 43.3. The number of rotatable bonds is 9. The van der Waals surface area contributed by atoms with Gasteiger partial charge in [-0.3, -0.25) is 4.79 Å². The van der Waals surface area contributed by atoms with E-state index in [4.69, 9.17) is 9.47 Å². The van der Waals surface area contributed by atoms with Crippen LogP contribution in [0.1, 0.15) is 51.5 Å². The lowest BCUT2D eigenvalue weighted by atomic mass is 9.90. The number of carbonyl (C=O) groups is 3. The van der Waals surface area contributed by atoms with Gasteiger partial charge in [-0.15, -0.1) is 0 Å². The van der Waals surface area contributed by atoms with Crippen LogP contribution in [0.3, 0.4) is 0 Å². The van der Waals surface area contributed by atoms with Gasteiger partial charge in [-0.25, -0.2) is 27.7 Å². The molecular weight excluding hydrogens is 569 g/mol. The highest BCUT2D eigenvalue weighted by atomic mass is 19.3. The molecule has 3 amide bonds. The maximum Gasteiger partial charge on any atom is 0.410 e. The van der Waals surface area contributed by atoms with Gasteiger partial charge >= 0.3 is 12.2 Å². The normalized spacial score (nSPS) is 18.3. The smallest absolute Gasteiger partial charge is 0.410 e. The van der Waals surface area contributed by atoms with Crippen molar-refractivity contribution in [1.29, 1.82) is 0 Å². The largest absolute Gasteiger partial charge is 0.477 e. The van der Waals surface area contributed by atoms with E-state index in [1.165, 1.54) is 19.1 Å². The maximum absolute atomic E-state index is 15.3. The molecule has 4 rings (SSSR count). The molecular formula is C30H37F3N4O6. The standard InChI is InChI=1S/C30H37F3N4O6/c1-18(2)43-29(41)36-11-8-20(9-12-36)16-42-25-7-5-22(15-34-25)21-4-6-23(24(31)14-21)19(3)26(35-28(39)40)27(38)37-13-10-30(32,33)17-37/h4-7,14-15,18-20,26,35H,8-13,16-17H2,1-3H3,(H,39,40). The highest BCUT2D eigenvalue weighted by Crippen LogP contribution is 2.32. The van der Waals surface area contributed by atoms with E-state index < -0.39 is 48.7 Å². The van der Waals surface area contributed by atoms with Gasteiger partial charge in [0.25, 0.3) is 5.92 Å². The van der Waals surface area contributed by atoms with Crippen LogP contribution < -0.4 is 10.1 Å². The minimum absolute atomic E-state index is 0.0678. The van der Waals surface area contributed by atoms with E-state index in [9.17, 15) is 28.3 Å². The van der Waals surface area contributed by atoms with Crippen molar-refractivity contribution in [3.8, 4) is 17.0 Å². The number of ether oxygens (including phenoxy) is 2. The second-order valence-electron chi connectivity index (χ2n) is 11.4. The quantitative estimate of drug-likeness (QED) is 0.406. The Balaban J connectivity index is 1.35. The Morgan fingerprint density at radius 1 is 1.07 bits per heavy atom. The third-order valence-corrected chi connectivity index (χ3v) is 7.76. The van der Waals surface area contributed by atoms with Gasteiger partial charge in [0.15, 0.2) is 0 Å². The van der Waals surface area contributed by atoms with E-state index >= 15 is 4.39 Å². The molecule has 1 aromatic heterocycles. The lowest BCUT2D eigenvalue weighted by Crippen LogP contribution is -2.50. The van der Waals surface area contributed by atoms with Gasteiger partial charge in [0.2, 0.25) is 11.8 Å². The molecule has 0 radical (unpaired) electrons. The summed E-state index contributed by atoms with van der Waals surface area (Å²) in [5.74, 6) is -4.84. The van der Waals surface area contributed by atoms with E-state index in [-0.39, 0.29) is 30.2 Å². The van der Waals surface area contributed by atoms with Crippen molar-refractivity contribution in [1.82, 2.24) is 20.1 Å². The second kappa shape index (κ2) is 13.5. The Kier molecular flexibility index (Phi) is 10.0. The number of hydrogen-bond donors (Lipinski definition) is 2. The molecule has 2 N–H and O–H groups in total. The van der Waals surface area contributed by atoms with E-state index in [1.807, 2.05) is 13.8 Å². The number of alkyl halides is 2. The number of nitrogens with one attached hydrogen (secondary N) is 1. The second-order valence-corrected chi connectivity index (χ2v) is 11.4. The average molecular weight is 607 g/mol. The third-order valence-electron chi connectivity index (χ3n) is 7.76. The van der Waals surface area contributed by atoms with Crippen molar-refractivity contribution in [2.75, 3.05) is 32.8 Å². The Bertz CT molecular complexity index is 1300. The molecule has 0 bridgehead atoms. The van der Waals surface area contributed by atoms with Gasteiger partial charge in [-0.1, -0.05) is 19.1 Å². The average Bonchev–Trinajstić information content (AvgIpc) is 3.33. The number of pyridine rings is 1. The lowest BCUT2D eigenvalue weighted by molar-refractivity contribution is -0.134. The molecule has 0 aliphatic carbocycles. The van der Waals surface area contributed by atoms with Crippen molar-refractivity contribution in [2.45, 2.75) is 64.0 Å². The monoisotopic (exact) mass is 606 g/mol. The Labute approximate surface area is 248 Å². The molecule has 2 aliphatic heterocycles. The van der Waals surface area contributed by atoms with Crippen LogP contribution in [0.4, 0.5) is 22.8 Å². The molecule has 2 atom stereocenters. The zero-order valence-electron chi connectivity index (χ0n) is 24.4. The molecule has 0 spiro atoms. The predicted octanol–water partition coefficient (Wildman–Crippen LogP) is 5.13. The van der Waals surface area contributed by atoms with E-state index in [1.54, 1.807) is 29.3 Å². The molecule has 3 heterocycles. The number of halogens is 3. The minimum atomic E-state index is -3.05. The fraction of sp³-hybridized carbons (Fsp3) is 0.533. The first-order valence-corrected chi connectivity index (χ1v) is 14.3. The van der Waals surface area contributed by atoms with Gasteiger partial charge in [-0.2, -0.15) is 0 Å². The summed E-state index contributed by atoms with van der Waals surface area (Å²) in [6, 6.07) is 6.30. The van der Waals surface area contributed by atoms with Gasteiger partial charge in [0.1, 0.15) is 11.9 Å². The predicted molar refractivity (Wildman–Crippen MR) is 151 cm³/mol. The number of aromatic nitrogens is 1. The number of likely N-dealkylation sites (tertiary alicyclic amines) is 2. The molecule has 0 saturated carbocycles. The molecule has 13 heteroatoms. The highest BCUT2D eigenvalue weighted by Gasteiger charge is 2.43. The summed E-state index contributed by atoms with van der Waals surface area (Å²) in [6.07, 6.45) is 0.629. The van der Waals surface area contributed by atoms with Crippen LogP contribution >= 0.6 is 0 Å². The molecule has 1 aromatic carbocycles. The van der Waals surface area contributed by atoms with Gasteiger partial charge in [-0.05, 0) is 55.9 Å². The summed E-state index contributed by atoms with van der Waals surface area (Å²) in [5.41, 5.74) is 1.18. The Morgan fingerprint density at radius 2 is 1.77 bits per heavy atom. The number of benzene rings is 1. The first-order valence-electron chi connectivity index (χ1n) is 14.3. The number of hydrogen-bond acceptors (Lipinski definition) is 6. The van der Waals surface area contributed by atoms with Crippen LogP contribution in [-0.2, 0) is 9.53 Å². The van der Waals surface area contributed by atoms with Crippen molar-refractivity contribution in [2.24, 2.45) is 5.92 Å². The molecule has 2 aliphatic rings. The fourth-order valence-corrected chi connectivity index (χ4v) is 5.31. The first kappa shape index (κ1) is 31.9. The zero-order chi connectivity index (χ0) is 31.3. The molecule has 43 heavy (non-hydrogen) atoms. The molecule has 234 valence electrons. The van der Waals surface area contributed by atoms with Gasteiger partial charge in [0.05, 0.1) is 19.3 Å². The van der Waals surface area contributed by atoms with Crippen LogP contribution in [0.15, 0.2) is 36.5 Å². The van der Waals surface area contributed by atoms with Gasteiger partial charge < -0.3 is 29.7 Å². The SMILES string of the molecule is CC(C)OC(=O)N1CCC(COc2ccc(-c3ccc(C(C)C(NC(=O)O)C(=O)N4CCC(F)(F)C4)c(F)c3)cn2)CC1. The van der Waals surface area contributed by atoms with Crippen molar-refractivity contribution >= 4 is 18.1 Å². The summed E-state index contributed by atoms with van der Waals surface area (Å²) >= 11 is 0. The number of nitrogens with zero attached hydrogens (tertiary/aromatic N) is 3. The maximum atomic E-state index is 15.3. The topological polar surface area (TPSA) is 121 Å². The number of carboxylic acid groups (broad SMARTS) is 1. The molecule has 2 aromatic rings. The first-order chi connectivity index (χ1) is 20.3. The summed E-state index contributed by atoms with van der Waals surface area (Å²) < 4.78 is 53.7. The zero-order valence-corrected chi connectivity index (χ0v) is 24.4. The summed E-state index contributed by atoms with van der Waals surface area (Å²) in [5, 5.41) is 11.3. The van der Waals surface area contributed by atoms with Crippen LogP contribution in [0.2, 0.25) is 0 Å². The van der Waals surface area contributed by atoms with Crippen molar-refractivity contribution < 1.29 is 42.1 Å². The van der Waals surface area contributed by atoms with Crippen molar-refractivity contribution in [3.05, 3.63) is 47.9 Å².